The maximum Gasteiger partial charge on any atom is 0.0820 e. The van der Waals surface area contributed by atoms with Gasteiger partial charge in [0.05, 0.1) is 16.9 Å². The first-order valence-electron chi connectivity index (χ1n) is 7.93. The van der Waals surface area contributed by atoms with Crippen molar-refractivity contribution in [3.05, 3.63) is 16.9 Å². The summed E-state index contributed by atoms with van der Waals surface area (Å²) in [4.78, 5) is 0. The molecule has 3 unspecified atom stereocenters. The van der Waals surface area contributed by atoms with Gasteiger partial charge in [0.2, 0.25) is 0 Å². The minimum Gasteiger partial charge on any atom is -0.314 e. The first-order chi connectivity index (χ1) is 9.52. The molecule has 0 radical (unpaired) electrons. The average molecular weight is 298 g/mol. The van der Waals surface area contributed by atoms with Crippen molar-refractivity contribution in [1.82, 2.24) is 15.1 Å². The van der Waals surface area contributed by atoms with Gasteiger partial charge in [-0.25, -0.2) is 0 Å². The van der Waals surface area contributed by atoms with Gasteiger partial charge in [0.25, 0.3) is 0 Å². The third-order valence-corrected chi connectivity index (χ3v) is 5.05. The summed E-state index contributed by atoms with van der Waals surface area (Å²) in [5.41, 5.74) is 1.24. The first kappa shape index (κ1) is 15.8. The summed E-state index contributed by atoms with van der Waals surface area (Å²) in [5.74, 6) is 2.05. The van der Waals surface area contributed by atoms with Crippen molar-refractivity contribution in [2.45, 2.75) is 58.4 Å². The van der Waals surface area contributed by atoms with Crippen molar-refractivity contribution >= 4 is 11.6 Å². The molecule has 0 aliphatic heterocycles. The number of rotatable bonds is 5. The van der Waals surface area contributed by atoms with Crippen LogP contribution >= 0.6 is 11.6 Å². The fraction of sp³-hybridized carbons (Fsp3) is 0.812. The van der Waals surface area contributed by atoms with E-state index >= 15 is 0 Å². The molecule has 1 aromatic rings. The topological polar surface area (TPSA) is 29.9 Å². The summed E-state index contributed by atoms with van der Waals surface area (Å²) in [7, 11) is 2.02. The van der Waals surface area contributed by atoms with E-state index in [0.29, 0.717) is 17.9 Å². The predicted octanol–water partition coefficient (Wildman–Crippen LogP) is 3.98. The smallest absolute Gasteiger partial charge is 0.0820 e. The molecule has 1 aliphatic carbocycles. The van der Waals surface area contributed by atoms with Crippen LogP contribution in [0.4, 0.5) is 0 Å². The predicted molar refractivity (Wildman–Crippen MR) is 85.2 cm³/mol. The van der Waals surface area contributed by atoms with Crippen molar-refractivity contribution in [2.75, 3.05) is 6.54 Å². The maximum absolute atomic E-state index is 6.39. The number of hydrogen-bond acceptors (Lipinski definition) is 2. The highest BCUT2D eigenvalue weighted by Gasteiger charge is 2.33. The quantitative estimate of drug-likeness (QED) is 0.891. The van der Waals surface area contributed by atoms with Gasteiger partial charge in [0.15, 0.2) is 0 Å². The highest BCUT2D eigenvalue weighted by Crippen LogP contribution is 2.43. The van der Waals surface area contributed by atoms with Crippen molar-refractivity contribution < 1.29 is 0 Å². The highest BCUT2D eigenvalue weighted by molar-refractivity contribution is 6.31. The molecule has 4 heteroatoms. The molecule has 0 amide bonds. The van der Waals surface area contributed by atoms with Crippen LogP contribution in [0.15, 0.2) is 6.20 Å². The van der Waals surface area contributed by atoms with Gasteiger partial charge in [0.1, 0.15) is 0 Å². The average Bonchev–Trinajstić information content (AvgIpc) is 2.75. The molecule has 3 atom stereocenters. The van der Waals surface area contributed by atoms with E-state index in [1.807, 2.05) is 11.7 Å². The SMILES string of the molecule is CCC1CCC(CNC(C)C)C(c2c(Cl)cnn2C)C1. The normalized spacial score (nSPS) is 27.2. The van der Waals surface area contributed by atoms with Crippen LogP contribution in [0, 0.1) is 11.8 Å². The van der Waals surface area contributed by atoms with Gasteiger partial charge in [-0.15, -0.1) is 0 Å². The van der Waals surface area contributed by atoms with E-state index in [1.165, 1.54) is 31.4 Å². The number of halogens is 1. The maximum atomic E-state index is 6.39. The Morgan fingerprint density at radius 2 is 2.20 bits per heavy atom. The van der Waals surface area contributed by atoms with Crippen LogP contribution in [0.2, 0.25) is 5.02 Å². The van der Waals surface area contributed by atoms with Crippen LogP contribution in [0.25, 0.3) is 0 Å². The molecule has 3 nitrogen and oxygen atoms in total. The minimum atomic E-state index is 0.542. The third kappa shape index (κ3) is 3.56. The number of nitrogens with zero attached hydrogens (tertiary/aromatic N) is 2. The molecule has 1 heterocycles. The molecular weight excluding hydrogens is 270 g/mol. The van der Waals surface area contributed by atoms with Crippen molar-refractivity contribution in [1.29, 1.82) is 0 Å². The monoisotopic (exact) mass is 297 g/mol. The molecule has 1 saturated carbocycles. The Morgan fingerprint density at radius 3 is 2.75 bits per heavy atom. The van der Waals surface area contributed by atoms with Gasteiger partial charge in [-0.2, -0.15) is 5.10 Å². The van der Waals surface area contributed by atoms with E-state index in [4.69, 9.17) is 11.6 Å². The molecule has 1 fully saturated rings. The Morgan fingerprint density at radius 1 is 1.45 bits per heavy atom. The molecule has 1 N–H and O–H groups in total. The summed E-state index contributed by atoms with van der Waals surface area (Å²) in [6, 6.07) is 0.543. The number of aryl methyl sites for hydroxylation is 1. The molecule has 2 rings (SSSR count). The molecule has 0 aromatic carbocycles. The second-order valence-corrected chi connectivity index (χ2v) is 6.93. The van der Waals surface area contributed by atoms with Crippen molar-refractivity contribution in [3.8, 4) is 0 Å². The van der Waals surface area contributed by atoms with Gasteiger partial charge in [0, 0.05) is 19.0 Å². The molecular formula is C16H28ClN3. The van der Waals surface area contributed by atoms with E-state index < -0.39 is 0 Å². The van der Waals surface area contributed by atoms with E-state index in [9.17, 15) is 0 Å². The first-order valence-corrected chi connectivity index (χ1v) is 8.31. The fourth-order valence-corrected chi connectivity index (χ4v) is 3.80. The second kappa shape index (κ2) is 6.95. The van der Waals surface area contributed by atoms with Gasteiger partial charge in [-0.1, -0.05) is 45.2 Å². The zero-order valence-corrected chi connectivity index (χ0v) is 14.0. The summed E-state index contributed by atoms with van der Waals surface area (Å²) < 4.78 is 1.98. The largest absolute Gasteiger partial charge is 0.314 e. The lowest BCUT2D eigenvalue weighted by molar-refractivity contribution is 0.216. The summed E-state index contributed by atoms with van der Waals surface area (Å²) in [6.45, 7) is 7.81. The Balaban J connectivity index is 2.17. The molecule has 1 aliphatic rings. The molecule has 20 heavy (non-hydrogen) atoms. The molecule has 0 spiro atoms. The number of nitrogens with one attached hydrogen (secondary N) is 1. The third-order valence-electron chi connectivity index (χ3n) is 4.76. The van der Waals surface area contributed by atoms with E-state index in [2.05, 4.69) is 31.2 Å². The van der Waals surface area contributed by atoms with Crippen molar-refractivity contribution in [2.24, 2.45) is 18.9 Å². The number of hydrogen-bond donors (Lipinski definition) is 1. The Labute approximate surface area is 128 Å². The lowest BCUT2D eigenvalue weighted by Gasteiger charge is -2.36. The second-order valence-electron chi connectivity index (χ2n) is 6.52. The lowest BCUT2D eigenvalue weighted by atomic mass is 9.71. The lowest BCUT2D eigenvalue weighted by Crippen LogP contribution is -2.35. The van der Waals surface area contributed by atoms with E-state index in [1.54, 1.807) is 6.20 Å². The zero-order chi connectivity index (χ0) is 14.7. The minimum absolute atomic E-state index is 0.542. The van der Waals surface area contributed by atoms with Crippen LogP contribution < -0.4 is 5.32 Å². The highest BCUT2D eigenvalue weighted by atomic mass is 35.5. The van der Waals surface area contributed by atoms with Gasteiger partial charge >= 0.3 is 0 Å². The molecule has 1 aromatic heterocycles. The van der Waals surface area contributed by atoms with Gasteiger partial charge < -0.3 is 5.32 Å². The van der Waals surface area contributed by atoms with Crippen molar-refractivity contribution in [3.63, 3.8) is 0 Å². The molecule has 0 bridgehead atoms. The number of aromatic nitrogens is 2. The summed E-state index contributed by atoms with van der Waals surface area (Å²) in [6.07, 6.45) is 6.97. The summed E-state index contributed by atoms with van der Waals surface area (Å²) in [5, 5.41) is 8.78. The van der Waals surface area contributed by atoms with E-state index in [-0.39, 0.29) is 0 Å². The van der Waals surface area contributed by atoms with Crippen LogP contribution in [0.3, 0.4) is 0 Å². The summed E-state index contributed by atoms with van der Waals surface area (Å²) >= 11 is 6.39. The molecule has 114 valence electrons. The van der Waals surface area contributed by atoms with E-state index in [0.717, 1.165) is 17.5 Å². The molecule has 0 saturated heterocycles. The Kier molecular flexibility index (Phi) is 5.50. The standard InChI is InChI=1S/C16H28ClN3/c1-5-12-6-7-13(9-18-11(2)3)14(8-12)16-15(17)10-19-20(16)4/h10-14,18H,5-9H2,1-4H3. The Bertz CT molecular complexity index is 408. The van der Waals surface area contributed by atoms with Crippen LogP contribution in [-0.2, 0) is 7.05 Å². The zero-order valence-electron chi connectivity index (χ0n) is 13.2. The van der Waals surface area contributed by atoms with Crippen LogP contribution in [0.1, 0.15) is 58.1 Å². The van der Waals surface area contributed by atoms with Gasteiger partial charge in [-0.05, 0) is 31.2 Å². The van der Waals surface area contributed by atoms with Gasteiger partial charge in [-0.3, -0.25) is 4.68 Å². The van der Waals surface area contributed by atoms with Crippen LogP contribution in [0.5, 0.6) is 0 Å². The fourth-order valence-electron chi connectivity index (χ4n) is 3.49. The Hall–Kier alpha value is -0.540. The van der Waals surface area contributed by atoms with Crippen LogP contribution in [-0.4, -0.2) is 22.4 Å².